The van der Waals surface area contributed by atoms with E-state index in [-0.39, 0.29) is 30.9 Å². The Labute approximate surface area is 98.7 Å². The lowest BCUT2D eigenvalue weighted by Crippen LogP contribution is -2.39. The number of rotatable bonds is 5. The second-order valence-electron chi connectivity index (χ2n) is 3.87. The predicted octanol–water partition coefficient (Wildman–Crippen LogP) is 0.401. The van der Waals surface area contributed by atoms with Crippen LogP contribution in [0, 0.1) is 5.92 Å². The molecule has 0 radical (unpaired) electrons. The van der Waals surface area contributed by atoms with Crippen LogP contribution < -0.4 is 11.1 Å². The van der Waals surface area contributed by atoms with Crippen molar-refractivity contribution >= 4 is 22.4 Å². The molecule has 0 aliphatic rings. The van der Waals surface area contributed by atoms with Gasteiger partial charge in [-0.15, -0.1) is 11.3 Å². The third-order valence-corrected chi connectivity index (χ3v) is 3.16. The molecule has 1 rings (SSSR count). The topological polar surface area (TPSA) is 88.2 Å². The van der Waals surface area contributed by atoms with Crippen molar-refractivity contribution in [1.29, 1.82) is 0 Å². The van der Waals surface area contributed by atoms with Gasteiger partial charge in [-0.05, 0) is 12.8 Å². The van der Waals surface area contributed by atoms with Crippen molar-refractivity contribution in [2.75, 3.05) is 12.3 Å². The molecule has 0 fully saturated rings. The third kappa shape index (κ3) is 3.79. The van der Waals surface area contributed by atoms with Crippen molar-refractivity contribution in [2.24, 2.45) is 5.92 Å². The van der Waals surface area contributed by atoms with E-state index in [1.165, 1.54) is 11.3 Å². The molecule has 1 heterocycles. The van der Waals surface area contributed by atoms with Crippen LogP contribution in [0.4, 0.5) is 5.13 Å². The highest BCUT2D eigenvalue weighted by molar-refractivity contribution is 7.13. The van der Waals surface area contributed by atoms with Crippen molar-refractivity contribution in [3.63, 3.8) is 0 Å². The number of anilines is 1. The molecule has 90 valence electrons. The number of nitrogens with two attached hydrogens (primary N) is 1. The molecule has 1 amide bonds. The monoisotopic (exact) mass is 243 g/mol. The average molecular weight is 243 g/mol. The third-order valence-electron chi connectivity index (χ3n) is 2.44. The van der Waals surface area contributed by atoms with E-state index < -0.39 is 0 Å². The zero-order chi connectivity index (χ0) is 12.1. The first-order valence-electron chi connectivity index (χ1n) is 5.13. The average Bonchev–Trinajstić information content (AvgIpc) is 2.62. The van der Waals surface area contributed by atoms with Crippen molar-refractivity contribution in [1.82, 2.24) is 10.3 Å². The molecule has 0 aliphatic carbocycles. The van der Waals surface area contributed by atoms with Gasteiger partial charge >= 0.3 is 0 Å². The molecular formula is C10H17N3O2S. The SMILES string of the molecule is CC(CO)C(C)NC(=O)Cc1csc(N)n1. The number of hydrogen-bond acceptors (Lipinski definition) is 5. The van der Waals surface area contributed by atoms with Crippen LogP contribution >= 0.6 is 11.3 Å². The van der Waals surface area contributed by atoms with Crippen LogP contribution in [0.25, 0.3) is 0 Å². The second kappa shape index (κ2) is 5.81. The standard InChI is InChI=1S/C10H17N3O2S/c1-6(4-14)7(2)12-9(15)3-8-5-16-10(11)13-8/h5-7,14H,3-4H2,1-2H3,(H2,11,13)(H,12,15). The maximum Gasteiger partial charge on any atom is 0.226 e. The van der Waals surface area contributed by atoms with E-state index >= 15 is 0 Å². The number of hydrogen-bond donors (Lipinski definition) is 3. The van der Waals surface area contributed by atoms with Crippen LogP contribution in [0.1, 0.15) is 19.5 Å². The van der Waals surface area contributed by atoms with Gasteiger partial charge in [0.25, 0.3) is 0 Å². The summed E-state index contributed by atoms with van der Waals surface area (Å²) in [5.74, 6) is -0.0532. The van der Waals surface area contributed by atoms with Gasteiger partial charge in [0.2, 0.25) is 5.91 Å². The summed E-state index contributed by atoms with van der Waals surface area (Å²) in [6.45, 7) is 3.81. The molecular weight excluding hydrogens is 226 g/mol. The summed E-state index contributed by atoms with van der Waals surface area (Å²) in [5.41, 5.74) is 6.15. The van der Waals surface area contributed by atoms with Crippen molar-refractivity contribution in [3.05, 3.63) is 11.1 Å². The molecule has 2 atom stereocenters. The summed E-state index contributed by atoms with van der Waals surface area (Å²) in [4.78, 5) is 15.6. The van der Waals surface area contributed by atoms with Gasteiger partial charge in [-0.25, -0.2) is 4.98 Å². The first kappa shape index (κ1) is 12.9. The lowest BCUT2D eigenvalue weighted by Gasteiger charge is -2.18. The fourth-order valence-corrected chi connectivity index (χ4v) is 1.74. The molecule has 0 saturated carbocycles. The molecule has 1 aromatic heterocycles. The summed E-state index contributed by atoms with van der Waals surface area (Å²) in [6.07, 6.45) is 0.232. The number of amides is 1. The quantitative estimate of drug-likeness (QED) is 0.698. The summed E-state index contributed by atoms with van der Waals surface area (Å²) in [5, 5.41) is 14.0. The molecule has 0 aliphatic heterocycles. The van der Waals surface area contributed by atoms with Gasteiger partial charge in [-0.3, -0.25) is 4.79 Å². The smallest absolute Gasteiger partial charge is 0.226 e. The van der Waals surface area contributed by atoms with Crippen LogP contribution in [-0.4, -0.2) is 28.6 Å². The normalized spacial score (nSPS) is 14.4. The van der Waals surface area contributed by atoms with Crippen LogP contribution in [0.2, 0.25) is 0 Å². The molecule has 0 aromatic carbocycles. The first-order valence-corrected chi connectivity index (χ1v) is 6.01. The number of nitrogens with one attached hydrogen (secondary N) is 1. The maximum absolute atomic E-state index is 11.6. The molecule has 5 nitrogen and oxygen atoms in total. The highest BCUT2D eigenvalue weighted by atomic mass is 32.1. The van der Waals surface area contributed by atoms with E-state index in [1.807, 2.05) is 13.8 Å². The minimum absolute atomic E-state index is 0.0458. The summed E-state index contributed by atoms with van der Waals surface area (Å²) in [7, 11) is 0. The zero-order valence-electron chi connectivity index (χ0n) is 9.43. The minimum Gasteiger partial charge on any atom is -0.396 e. The molecule has 2 unspecified atom stereocenters. The number of thiazole rings is 1. The van der Waals surface area contributed by atoms with Gasteiger partial charge in [-0.1, -0.05) is 6.92 Å². The molecule has 6 heteroatoms. The van der Waals surface area contributed by atoms with E-state index in [0.29, 0.717) is 10.8 Å². The molecule has 0 spiro atoms. The van der Waals surface area contributed by atoms with Crippen molar-refractivity contribution in [2.45, 2.75) is 26.3 Å². The van der Waals surface area contributed by atoms with Crippen LogP contribution in [-0.2, 0) is 11.2 Å². The van der Waals surface area contributed by atoms with E-state index in [4.69, 9.17) is 10.8 Å². The number of aliphatic hydroxyl groups is 1. The van der Waals surface area contributed by atoms with Gasteiger partial charge in [0, 0.05) is 18.0 Å². The van der Waals surface area contributed by atoms with E-state index in [1.54, 1.807) is 5.38 Å². The largest absolute Gasteiger partial charge is 0.396 e. The number of nitrogen functional groups attached to an aromatic ring is 1. The van der Waals surface area contributed by atoms with Gasteiger partial charge in [0.15, 0.2) is 5.13 Å². The number of carbonyl (C=O) groups excluding carboxylic acids is 1. The lowest BCUT2D eigenvalue weighted by molar-refractivity contribution is -0.121. The van der Waals surface area contributed by atoms with E-state index in [9.17, 15) is 4.79 Å². The molecule has 0 bridgehead atoms. The number of carbonyl (C=O) groups is 1. The molecule has 4 N–H and O–H groups in total. The molecule has 1 aromatic rings. The number of aliphatic hydroxyl groups excluding tert-OH is 1. The fraction of sp³-hybridized carbons (Fsp3) is 0.600. The van der Waals surface area contributed by atoms with E-state index in [0.717, 1.165) is 0 Å². The highest BCUT2D eigenvalue weighted by Crippen LogP contribution is 2.11. The number of nitrogens with zero attached hydrogens (tertiary/aromatic N) is 1. The Bertz CT molecular complexity index is 354. The van der Waals surface area contributed by atoms with Gasteiger partial charge < -0.3 is 16.2 Å². The van der Waals surface area contributed by atoms with Crippen LogP contribution in [0.3, 0.4) is 0 Å². The highest BCUT2D eigenvalue weighted by Gasteiger charge is 2.14. The Morgan fingerprint density at radius 1 is 1.69 bits per heavy atom. The second-order valence-corrected chi connectivity index (χ2v) is 4.76. The van der Waals surface area contributed by atoms with E-state index in [2.05, 4.69) is 10.3 Å². The first-order chi connectivity index (χ1) is 7.52. The summed E-state index contributed by atoms with van der Waals surface area (Å²) in [6, 6.07) is -0.0477. The van der Waals surface area contributed by atoms with Gasteiger partial charge in [0.05, 0.1) is 12.1 Å². The lowest BCUT2D eigenvalue weighted by atomic mass is 10.1. The van der Waals surface area contributed by atoms with Crippen molar-refractivity contribution in [3.8, 4) is 0 Å². The summed E-state index contributed by atoms with van der Waals surface area (Å²) < 4.78 is 0. The van der Waals surface area contributed by atoms with Gasteiger partial charge in [0.1, 0.15) is 0 Å². The zero-order valence-corrected chi connectivity index (χ0v) is 10.3. The Morgan fingerprint density at radius 3 is 2.88 bits per heavy atom. The van der Waals surface area contributed by atoms with Crippen molar-refractivity contribution < 1.29 is 9.90 Å². The molecule has 16 heavy (non-hydrogen) atoms. The minimum atomic E-state index is -0.0990. The molecule has 0 saturated heterocycles. The number of aromatic nitrogens is 1. The van der Waals surface area contributed by atoms with Gasteiger partial charge in [-0.2, -0.15) is 0 Å². The Morgan fingerprint density at radius 2 is 2.38 bits per heavy atom. The Balaban J connectivity index is 2.42. The van der Waals surface area contributed by atoms with Crippen LogP contribution in [0.5, 0.6) is 0 Å². The Hall–Kier alpha value is -1.14. The van der Waals surface area contributed by atoms with Crippen LogP contribution in [0.15, 0.2) is 5.38 Å². The fourth-order valence-electron chi connectivity index (χ4n) is 1.17. The Kier molecular flexibility index (Phi) is 4.70. The predicted molar refractivity (Wildman–Crippen MR) is 64.1 cm³/mol. The maximum atomic E-state index is 11.6. The summed E-state index contributed by atoms with van der Waals surface area (Å²) >= 11 is 1.32.